The maximum atomic E-state index is 12.0. The van der Waals surface area contributed by atoms with E-state index in [1.54, 1.807) is 16.2 Å². The Morgan fingerprint density at radius 1 is 1.33 bits per heavy atom. The number of carbonyl (C=O) groups excluding carboxylic acids is 1. The van der Waals surface area contributed by atoms with Crippen molar-refractivity contribution in [1.82, 2.24) is 9.38 Å². The molecule has 3 rings (SSSR count). The second kappa shape index (κ2) is 7.63. The molecule has 0 aliphatic carbocycles. The molecule has 1 aromatic carbocycles. The summed E-state index contributed by atoms with van der Waals surface area (Å²) in [6.07, 6.45) is 0.318. The number of rotatable bonds is 6. The number of aromatic nitrogens is 2. The van der Waals surface area contributed by atoms with Gasteiger partial charge in [0.1, 0.15) is 6.61 Å². The van der Waals surface area contributed by atoms with Crippen LogP contribution in [-0.4, -0.2) is 21.1 Å². The van der Waals surface area contributed by atoms with Crippen LogP contribution in [0.2, 0.25) is 0 Å². The fourth-order valence-electron chi connectivity index (χ4n) is 2.17. The first-order valence-electron chi connectivity index (χ1n) is 7.44. The maximum Gasteiger partial charge on any atom is 0.307 e. The lowest BCUT2D eigenvalue weighted by Gasteiger charge is -2.05. The molecule has 0 saturated carbocycles. The van der Waals surface area contributed by atoms with Gasteiger partial charge in [-0.3, -0.25) is 14.0 Å². The van der Waals surface area contributed by atoms with Gasteiger partial charge in [-0.15, -0.1) is 23.1 Å². The van der Waals surface area contributed by atoms with Crippen LogP contribution in [0, 0.1) is 6.92 Å². The molecular formula is C17H16N2O3S2. The highest BCUT2D eigenvalue weighted by atomic mass is 32.2. The van der Waals surface area contributed by atoms with E-state index >= 15 is 0 Å². The van der Waals surface area contributed by atoms with Gasteiger partial charge in [0.2, 0.25) is 0 Å². The quantitative estimate of drug-likeness (QED) is 0.499. The largest absolute Gasteiger partial charge is 0.459 e. The zero-order valence-corrected chi connectivity index (χ0v) is 14.7. The van der Waals surface area contributed by atoms with Crippen molar-refractivity contribution in [1.29, 1.82) is 0 Å². The van der Waals surface area contributed by atoms with Gasteiger partial charge in [-0.1, -0.05) is 18.2 Å². The number of fused-ring (bicyclic) bond motifs is 1. The molecule has 5 nitrogen and oxygen atoms in total. The number of thiazole rings is 1. The van der Waals surface area contributed by atoms with E-state index in [1.165, 1.54) is 17.4 Å². The third-order valence-electron chi connectivity index (χ3n) is 3.33. The molecule has 0 spiro atoms. The van der Waals surface area contributed by atoms with Crippen LogP contribution < -0.4 is 5.56 Å². The smallest absolute Gasteiger partial charge is 0.307 e. The minimum Gasteiger partial charge on any atom is -0.459 e. The molecule has 0 amide bonds. The van der Waals surface area contributed by atoms with E-state index in [1.807, 2.05) is 42.6 Å². The number of hydrogen-bond donors (Lipinski definition) is 0. The minimum atomic E-state index is -0.289. The van der Waals surface area contributed by atoms with Gasteiger partial charge in [-0.05, 0) is 19.1 Å². The topological polar surface area (TPSA) is 60.7 Å². The number of ether oxygens (including phenoxy) is 1. The van der Waals surface area contributed by atoms with E-state index in [0.29, 0.717) is 22.8 Å². The third-order valence-corrected chi connectivity index (χ3v) is 5.29. The molecular weight excluding hydrogens is 344 g/mol. The average molecular weight is 360 g/mol. The van der Waals surface area contributed by atoms with Crippen molar-refractivity contribution < 1.29 is 9.53 Å². The van der Waals surface area contributed by atoms with Gasteiger partial charge < -0.3 is 4.74 Å². The van der Waals surface area contributed by atoms with Crippen LogP contribution in [0.4, 0.5) is 0 Å². The average Bonchev–Trinajstić information content (AvgIpc) is 2.95. The Morgan fingerprint density at radius 3 is 2.92 bits per heavy atom. The molecule has 7 heteroatoms. The number of nitrogens with zero attached hydrogens (tertiary/aromatic N) is 2. The predicted octanol–water partition coefficient (Wildman–Crippen LogP) is 3.29. The Kier molecular flexibility index (Phi) is 5.32. The zero-order chi connectivity index (χ0) is 16.9. The van der Waals surface area contributed by atoms with Crippen molar-refractivity contribution in [3.05, 3.63) is 63.5 Å². The normalized spacial score (nSPS) is 10.9. The van der Waals surface area contributed by atoms with Crippen molar-refractivity contribution in [2.45, 2.75) is 24.8 Å². The van der Waals surface area contributed by atoms with Crippen LogP contribution in [0.3, 0.4) is 0 Å². The summed E-state index contributed by atoms with van der Waals surface area (Å²) < 4.78 is 6.77. The second-order valence-electron chi connectivity index (χ2n) is 5.15. The molecule has 0 bridgehead atoms. The molecule has 3 aromatic rings. The van der Waals surface area contributed by atoms with Gasteiger partial charge >= 0.3 is 5.97 Å². The predicted molar refractivity (Wildman–Crippen MR) is 95.7 cm³/mol. The van der Waals surface area contributed by atoms with Gasteiger partial charge in [-0.2, -0.15) is 0 Å². The van der Waals surface area contributed by atoms with E-state index in [4.69, 9.17) is 4.74 Å². The number of thioether (sulfide) groups is 1. The van der Waals surface area contributed by atoms with Gasteiger partial charge in [0, 0.05) is 27.8 Å². The molecule has 0 aliphatic rings. The van der Waals surface area contributed by atoms with Gasteiger partial charge in [0.25, 0.3) is 5.56 Å². The molecule has 0 aliphatic heterocycles. The van der Waals surface area contributed by atoms with Crippen LogP contribution in [0.1, 0.15) is 17.8 Å². The van der Waals surface area contributed by atoms with Gasteiger partial charge in [0.05, 0.1) is 12.1 Å². The second-order valence-corrected chi connectivity index (χ2v) is 7.16. The molecule has 0 N–H and O–H groups in total. The fourth-order valence-corrected chi connectivity index (χ4v) is 3.92. The van der Waals surface area contributed by atoms with Crippen LogP contribution in [0.25, 0.3) is 4.96 Å². The van der Waals surface area contributed by atoms with E-state index < -0.39 is 0 Å². The first-order chi connectivity index (χ1) is 11.6. The molecule has 24 heavy (non-hydrogen) atoms. The van der Waals surface area contributed by atoms with Gasteiger partial charge in [-0.25, -0.2) is 4.98 Å². The molecule has 0 saturated heterocycles. The van der Waals surface area contributed by atoms with E-state index in [-0.39, 0.29) is 18.1 Å². The standard InChI is InChI=1S/C17H16N2O3S2/c1-12-11-24-17-18-13(9-15(20)19(12)17)10-22-16(21)7-8-23-14-5-3-2-4-6-14/h2-6,9,11H,7-8,10H2,1H3. The highest BCUT2D eigenvalue weighted by Crippen LogP contribution is 2.18. The summed E-state index contributed by atoms with van der Waals surface area (Å²) in [5.41, 5.74) is 1.18. The lowest BCUT2D eigenvalue weighted by atomic mass is 10.4. The lowest BCUT2D eigenvalue weighted by molar-refractivity contribution is -0.144. The van der Waals surface area contributed by atoms with E-state index in [0.717, 1.165) is 10.6 Å². The summed E-state index contributed by atoms with van der Waals surface area (Å²) in [4.78, 5) is 30.0. The van der Waals surface area contributed by atoms with Crippen LogP contribution in [-0.2, 0) is 16.1 Å². The first kappa shape index (κ1) is 16.7. The number of benzene rings is 1. The highest BCUT2D eigenvalue weighted by molar-refractivity contribution is 7.99. The SMILES string of the molecule is Cc1csc2nc(COC(=O)CCSc3ccccc3)cc(=O)n12. The number of hydrogen-bond acceptors (Lipinski definition) is 6. The summed E-state index contributed by atoms with van der Waals surface area (Å²) in [5, 5.41) is 1.88. The van der Waals surface area contributed by atoms with E-state index in [9.17, 15) is 9.59 Å². The maximum absolute atomic E-state index is 12.0. The van der Waals surface area contributed by atoms with Crippen molar-refractivity contribution in [2.75, 3.05) is 5.75 Å². The summed E-state index contributed by atoms with van der Waals surface area (Å²) in [7, 11) is 0. The Labute approximate surface area is 147 Å². The molecule has 2 heterocycles. The molecule has 124 valence electrons. The van der Waals surface area contributed by atoms with Crippen molar-refractivity contribution in [3.63, 3.8) is 0 Å². The van der Waals surface area contributed by atoms with Crippen molar-refractivity contribution in [3.8, 4) is 0 Å². The minimum absolute atomic E-state index is 0.0253. The summed E-state index contributed by atoms with van der Waals surface area (Å²) in [6, 6.07) is 11.3. The molecule has 0 unspecified atom stereocenters. The Balaban J connectivity index is 1.52. The monoisotopic (exact) mass is 360 g/mol. The summed E-state index contributed by atoms with van der Waals surface area (Å²) in [5.74, 6) is 0.366. The Morgan fingerprint density at radius 2 is 2.12 bits per heavy atom. The third kappa shape index (κ3) is 4.04. The molecule has 0 atom stereocenters. The number of esters is 1. The van der Waals surface area contributed by atoms with Crippen LogP contribution >= 0.6 is 23.1 Å². The zero-order valence-electron chi connectivity index (χ0n) is 13.1. The lowest BCUT2D eigenvalue weighted by Crippen LogP contribution is -2.16. The molecule has 2 aromatic heterocycles. The van der Waals surface area contributed by atoms with Crippen LogP contribution in [0.15, 0.2) is 51.5 Å². The highest BCUT2D eigenvalue weighted by Gasteiger charge is 2.09. The first-order valence-corrected chi connectivity index (χ1v) is 9.30. The van der Waals surface area contributed by atoms with Gasteiger partial charge in [0.15, 0.2) is 4.96 Å². The van der Waals surface area contributed by atoms with Crippen molar-refractivity contribution in [2.24, 2.45) is 0 Å². The Bertz CT molecular complexity index is 903. The van der Waals surface area contributed by atoms with Crippen molar-refractivity contribution >= 4 is 34.0 Å². The van der Waals surface area contributed by atoms with E-state index in [2.05, 4.69) is 4.98 Å². The number of carbonyl (C=O) groups is 1. The number of aryl methyl sites for hydroxylation is 1. The summed E-state index contributed by atoms with van der Waals surface area (Å²) >= 11 is 3.01. The fraction of sp³-hybridized carbons (Fsp3) is 0.235. The molecule has 0 radical (unpaired) electrons. The summed E-state index contributed by atoms with van der Waals surface area (Å²) in [6.45, 7) is 1.88. The van der Waals surface area contributed by atoms with Crippen LogP contribution in [0.5, 0.6) is 0 Å². The Hall–Kier alpha value is -2.12. The molecule has 0 fully saturated rings.